The van der Waals surface area contributed by atoms with E-state index >= 15 is 0 Å². The summed E-state index contributed by atoms with van der Waals surface area (Å²) in [5.41, 5.74) is 4.27. The van der Waals surface area contributed by atoms with Gasteiger partial charge in [-0.05, 0) is 34.4 Å². The van der Waals surface area contributed by atoms with Crippen molar-refractivity contribution >= 4 is 0 Å². The van der Waals surface area contributed by atoms with Gasteiger partial charge in [0.15, 0.2) is 0 Å². The van der Waals surface area contributed by atoms with Crippen LogP contribution >= 0.6 is 0 Å². The van der Waals surface area contributed by atoms with E-state index in [-0.39, 0.29) is 0 Å². The van der Waals surface area contributed by atoms with Gasteiger partial charge in [0.1, 0.15) is 5.82 Å². The molecule has 0 aliphatic heterocycles. The number of nitrogens with one attached hydrogen (secondary N) is 1. The van der Waals surface area contributed by atoms with Gasteiger partial charge in [-0.25, -0.2) is 9.67 Å². The maximum atomic E-state index is 5.76. The largest absolute Gasteiger partial charge is 0.347 e. The summed E-state index contributed by atoms with van der Waals surface area (Å²) in [5, 5.41) is 19.1. The van der Waals surface area contributed by atoms with Crippen molar-refractivity contribution in [2.75, 3.05) is 14.2 Å². The van der Waals surface area contributed by atoms with Crippen LogP contribution in [0.1, 0.15) is 56.7 Å². The zero-order chi connectivity index (χ0) is 24.7. The number of benzene rings is 2. The molecule has 0 saturated heterocycles. The zero-order valence-corrected chi connectivity index (χ0v) is 20.9. The molecule has 0 amide bonds. The highest BCUT2D eigenvalue weighted by atomic mass is 16.7. The minimum absolute atomic E-state index is 0.580. The molecular weight excluding hydrogens is 442 g/mol. The highest BCUT2D eigenvalue weighted by Gasteiger charge is 2.36. The molecule has 0 atom stereocenters. The van der Waals surface area contributed by atoms with Gasteiger partial charge in [0.05, 0.1) is 6.54 Å². The third-order valence-electron chi connectivity index (χ3n) is 6.17. The molecule has 2 aromatic heterocycles. The molecule has 2 heterocycles. The molecule has 0 spiro atoms. The molecule has 0 fully saturated rings. The van der Waals surface area contributed by atoms with Gasteiger partial charge in [0.25, 0.3) is 0 Å². The minimum atomic E-state index is -0.922. The Labute approximate surface area is 205 Å². The number of hydrogen-bond donors (Lipinski definition) is 1. The molecule has 0 bridgehead atoms. The lowest BCUT2D eigenvalue weighted by molar-refractivity contribution is -0.225. The fourth-order valence-corrected chi connectivity index (χ4v) is 4.19. The monoisotopic (exact) mass is 475 g/mol. The van der Waals surface area contributed by atoms with Gasteiger partial charge in [-0.2, -0.15) is 5.21 Å². The first-order valence-corrected chi connectivity index (χ1v) is 12.1. The molecule has 184 valence electrons. The predicted molar refractivity (Wildman–Crippen MR) is 133 cm³/mol. The topological polar surface area (TPSA) is 104 Å². The fourth-order valence-electron chi connectivity index (χ4n) is 4.19. The van der Waals surface area contributed by atoms with Gasteiger partial charge in [0.2, 0.25) is 17.4 Å². The van der Waals surface area contributed by atoms with E-state index in [9.17, 15) is 0 Å². The minimum Gasteiger partial charge on any atom is -0.347 e. The Hall–Kier alpha value is -3.43. The van der Waals surface area contributed by atoms with Crippen LogP contribution in [0.3, 0.4) is 0 Å². The number of aromatic nitrogens is 7. The molecule has 1 N–H and O–H groups in total. The molecule has 9 nitrogen and oxygen atoms in total. The van der Waals surface area contributed by atoms with Crippen molar-refractivity contribution in [3.63, 3.8) is 0 Å². The van der Waals surface area contributed by atoms with Crippen LogP contribution < -0.4 is 0 Å². The van der Waals surface area contributed by atoms with Crippen LogP contribution in [0.4, 0.5) is 0 Å². The molecule has 0 saturated carbocycles. The van der Waals surface area contributed by atoms with Gasteiger partial charge in [-0.15, -0.1) is 15.3 Å². The molecule has 0 radical (unpaired) electrons. The number of hydrogen-bond acceptors (Lipinski definition) is 7. The molecule has 0 aliphatic carbocycles. The number of ether oxygens (including phenoxy) is 2. The van der Waals surface area contributed by atoms with Crippen LogP contribution in [0.15, 0.2) is 48.5 Å². The van der Waals surface area contributed by atoms with Gasteiger partial charge >= 0.3 is 0 Å². The van der Waals surface area contributed by atoms with Gasteiger partial charge in [-0.1, -0.05) is 69.2 Å². The number of H-pyrrole nitrogens is 1. The lowest BCUT2D eigenvalue weighted by Crippen LogP contribution is -2.32. The van der Waals surface area contributed by atoms with Gasteiger partial charge in [-0.3, -0.25) is 0 Å². The Balaban J connectivity index is 1.58. The highest BCUT2D eigenvalue weighted by Crippen LogP contribution is 2.30. The van der Waals surface area contributed by atoms with Gasteiger partial charge in [0, 0.05) is 32.6 Å². The summed E-state index contributed by atoms with van der Waals surface area (Å²) in [7, 11) is 3.30. The van der Waals surface area contributed by atoms with Crippen LogP contribution in [-0.2, 0) is 28.2 Å². The van der Waals surface area contributed by atoms with E-state index in [2.05, 4.69) is 70.9 Å². The number of methoxy groups -OCH3 is 2. The quantitative estimate of drug-likeness (QED) is 0.295. The second-order valence-corrected chi connectivity index (χ2v) is 8.54. The number of aryl methyl sites for hydroxylation is 1. The summed E-state index contributed by atoms with van der Waals surface area (Å²) in [6.07, 6.45) is 4.59. The third-order valence-corrected chi connectivity index (χ3v) is 6.17. The predicted octanol–water partition coefficient (Wildman–Crippen LogP) is 4.76. The lowest BCUT2D eigenvalue weighted by Gasteiger charge is -2.27. The van der Waals surface area contributed by atoms with E-state index in [1.807, 2.05) is 16.8 Å². The van der Waals surface area contributed by atoms with E-state index in [1.54, 1.807) is 14.2 Å². The van der Waals surface area contributed by atoms with Crippen molar-refractivity contribution in [3.8, 4) is 22.5 Å². The summed E-state index contributed by atoms with van der Waals surface area (Å²) in [5.74, 6) is 1.20. The Morgan fingerprint density at radius 1 is 0.943 bits per heavy atom. The maximum Gasteiger partial charge on any atom is 0.231 e. The SMILES string of the molecule is CCCCc1nc(C(CCC)(OC)OC)nn1Cc1ccc(-c2cccc(-c3nn[nH]n3)c2)cc1. The lowest BCUT2D eigenvalue weighted by atomic mass is 10.0. The van der Waals surface area contributed by atoms with Gasteiger partial charge < -0.3 is 9.47 Å². The first-order chi connectivity index (χ1) is 17.1. The van der Waals surface area contributed by atoms with Crippen molar-refractivity contribution in [2.45, 2.75) is 58.3 Å². The molecule has 0 unspecified atom stereocenters. The van der Waals surface area contributed by atoms with E-state index in [4.69, 9.17) is 19.6 Å². The highest BCUT2D eigenvalue weighted by molar-refractivity contribution is 5.70. The second-order valence-electron chi connectivity index (χ2n) is 8.54. The summed E-state index contributed by atoms with van der Waals surface area (Å²) >= 11 is 0. The maximum absolute atomic E-state index is 5.76. The Morgan fingerprint density at radius 2 is 1.71 bits per heavy atom. The molecule has 9 heteroatoms. The molecule has 4 rings (SSSR count). The number of nitrogens with zero attached hydrogens (tertiary/aromatic N) is 6. The van der Waals surface area contributed by atoms with E-state index in [1.165, 1.54) is 0 Å². The normalized spacial score (nSPS) is 11.8. The summed E-state index contributed by atoms with van der Waals surface area (Å²) in [6.45, 7) is 4.91. The molecule has 2 aromatic carbocycles. The van der Waals surface area contributed by atoms with Crippen LogP contribution in [0, 0.1) is 0 Å². The van der Waals surface area contributed by atoms with E-state index in [0.717, 1.165) is 53.8 Å². The Kier molecular flexibility index (Phi) is 7.99. The van der Waals surface area contributed by atoms with Crippen molar-refractivity contribution in [3.05, 3.63) is 65.7 Å². The summed E-state index contributed by atoms with van der Waals surface area (Å²) in [4.78, 5) is 4.86. The van der Waals surface area contributed by atoms with E-state index in [0.29, 0.717) is 24.6 Å². The standard InChI is InChI=1S/C26H33N7O2/c1-5-7-11-23-27-25(26(34-3,35-4)16-6-2)30-33(23)18-19-12-14-20(15-13-19)21-9-8-10-22(17-21)24-28-31-32-29-24/h8-10,12-15,17H,5-7,11,16,18H2,1-4H3,(H,28,29,31,32). The number of tetrazole rings is 1. The fraction of sp³-hybridized carbons (Fsp3) is 0.423. The second kappa shape index (κ2) is 11.3. The van der Waals surface area contributed by atoms with Crippen LogP contribution in [-0.4, -0.2) is 49.6 Å². The van der Waals surface area contributed by atoms with Crippen molar-refractivity contribution in [1.82, 2.24) is 35.4 Å². The summed E-state index contributed by atoms with van der Waals surface area (Å²) in [6, 6.07) is 16.6. The van der Waals surface area contributed by atoms with Crippen LogP contribution in [0.25, 0.3) is 22.5 Å². The molecule has 35 heavy (non-hydrogen) atoms. The Morgan fingerprint density at radius 3 is 2.37 bits per heavy atom. The number of unbranched alkanes of at least 4 members (excludes halogenated alkanes) is 1. The first kappa shape index (κ1) is 24.7. The molecule has 4 aromatic rings. The number of aromatic amines is 1. The first-order valence-electron chi connectivity index (χ1n) is 12.1. The van der Waals surface area contributed by atoms with Crippen molar-refractivity contribution < 1.29 is 9.47 Å². The van der Waals surface area contributed by atoms with E-state index < -0.39 is 5.79 Å². The molecule has 0 aliphatic rings. The average molecular weight is 476 g/mol. The van der Waals surface area contributed by atoms with Crippen LogP contribution in [0.2, 0.25) is 0 Å². The third kappa shape index (κ3) is 5.47. The molecular formula is C26H33N7O2. The smallest absolute Gasteiger partial charge is 0.231 e. The Bertz CT molecular complexity index is 1200. The summed E-state index contributed by atoms with van der Waals surface area (Å²) < 4.78 is 13.5. The average Bonchev–Trinajstić information content (AvgIpc) is 3.58. The van der Waals surface area contributed by atoms with Crippen molar-refractivity contribution in [2.24, 2.45) is 0 Å². The number of rotatable bonds is 12. The zero-order valence-electron chi connectivity index (χ0n) is 20.9. The van der Waals surface area contributed by atoms with Crippen molar-refractivity contribution in [1.29, 1.82) is 0 Å². The van der Waals surface area contributed by atoms with Crippen LogP contribution in [0.5, 0.6) is 0 Å².